The van der Waals surface area contributed by atoms with Crippen molar-refractivity contribution in [3.8, 4) is 0 Å². The molecule has 6 N–H and O–H groups in total. The summed E-state index contributed by atoms with van der Waals surface area (Å²) in [5.41, 5.74) is 5.69. The number of fused-ring (bicyclic) bond motifs is 1. The molecule has 1 saturated heterocycles. The third-order valence-electron chi connectivity index (χ3n) is 3.67. The number of nitrogens with one attached hydrogen (secondary N) is 1. The average molecular weight is 326 g/mol. The van der Waals surface area contributed by atoms with E-state index in [1.165, 1.54) is 17.1 Å². The van der Waals surface area contributed by atoms with Gasteiger partial charge < -0.3 is 35.3 Å². The van der Waals surface area contributed by atoms with Crippen molar-refractivity contribution in [2.24, 2.45) is 5.73 Å². The smallest absolute Gasteiger partial charge is 0.260 e. The Morgan fingerprint density at radius 3 is 2.82 bits per heavy atom. The van der Waals surface area contributed by atoms with Crippen molar-refractivity contribution >= 4 is 28.2 Å². The molecule has 0 saturated carbocycles. The van der Waals surface area contributed by atoms with Crippen molar-refractivity contribution in [1.82, 2.24) is 14.5 Å². The van der Waals surface area contributed by atoms with E-state index in [0.29, 0.717) is 0 Å². The van der Waals surface area contributed by atoms with Gasteiger partial charge in [0.15, 0.2) is 6.23 Å². The Morgan fingerprint density at radius 1 is 1.50 bits per heavy atom. The van der Waals surface area contributed by atoms with Crippen molar-refractivity contribution in [2.45, 2.75) is 24.5 Å². The zero-order chi connectivity index (χ0) is 16.0. The Balaban J connectivity index is 2.18. The second-order valence-corrected chi connectivity index (χ2v) is 5.41. The van der Waals surface area contributed by atoms with Crippen LogP contribution >= 0.6 is 12.2 Å². The highest BCUT2D eigenvalue weighted by Crippen LogP contribution is 2.32. The van der Waals surface area contributed by atoms with Gasteiger partial charge in [0, 0.05) is 11.8 Å². The summed E-state index contributed by atoms with van der Waals surface area (Å²) in [6.07, 6.45) is -1.88. The monoisotopic (exact) mass is 326 g/mol. The van der Waals surface area contributed by atoms with E-state index in [1.54, 1.807) is 0 Å². The minimum Gasteiger partial charge on any atom is -0.394 e. The Labute approximate surface area is 129 Å². The fourth-order valence-corrected chi connectivity index (χ4v) is 2.74. The Bertz CT molecular complexity index is 787. The number of hydrogen-bond acceptors (Lipinski definition) is 7. The number of nitrogens with zero attached hydrogens (tertiary/aromatic N) is 2. The van der Waals surface area contributed by atoms with Gasteiger partial charge in [0.05, 0.1) is 18.3 Å². The highest BCUT2D eigenvalue weighted by atomic mass is 32.1. The molecule has 0 aliphatic carbocycles. The molecular weight excluding hydrogens is 312 g/mol. The zero-order valence-electron chi connectivity index (χ0n) is 11.2. The number of aromatic nitrogens is 3. The lowest BCUT2D eigenvalue weighted by Crippen LogP contribution is -2.33. The molecule has 10 heteroatoms. The van der Waals surface area contributed by atoms with Crippen LogP contribution in [0.3, 0.4) is 0 Å². The van der Waals surface area contributed by atoms with Gasteiger partial charge in [0.25, 0.3) is 5.56 Å². The molecule has 2 aromatic heterocycles. The first kappa shape index (κ1) is 15.1. The molecule has 0 aromatic carbocycles. The second kappa shape index (κ2) is 5.41. The summed E-state index contributed by atoms with van der Waals surface area (Å²) in [5, 5.41) is 29.3. The van der Waals surface area contributed by atoms with Crippen LogP contribution in [-0.4, -0.2) is 59.8 Å². The van der Waals surface area contributed by atoms with E-state index in [4.69, 9.17) is 27.8 Å². The first-order valence-electron chi connectivity index (χ1n) is 6.46. The summed E-state index contributed by atoms with van der Waals surface area (Å²) < 4.78 is 6.82. The van der Waals surface area contributed by atoms with Gasteiger partial charge in [-0.2, -0.15) is 0 Å². The standard InChI is InChI=1S/C12H14N4O5S/c13-9(22)4-1-16(10-6(4)11(20)15-3-14-10)12-8(19)7(18)5(2-17)21-12/h1,3,5,7-8,12,17-19H,2H2,(H2,13,22)(H,14,15,20)/t5-,7-,8-,12-/m1/s1. The molecule has 1 aliphatic rings. The molecule has 9 nitrogen and oxygen atoms in total. The molecule has 0 amide bonds. The lowest BCUT2D eigenvalue weighted by Gasteiger charge is -2.17. The normalized spacial score (nSPS) is 28.3. The van der Waals surface area contributed by atoms with Crippen LogP contribution in [0.4, 0.5) is 0 Å². The summed E-state index contributed by atoms with van der Waals surface area (Å²) >= 11 is 4.93. The lowest BCUT2D eigenvalue weighted by molar-refractivity contribution is -0.0508. The zero-order valence-corrected chi connectivity index (χ0v) is 12.0. The highest BCUT2D eigenvalue weighted by Gasteiger charge is 2.44. The summed E-state index contributed by atoms with van der Waals surface area (Å²) in [5.74, 6) is 0. The number of aliphatic hydroxyl groups excluding tert-OH is 3. The van der Waals surface area contributed by atoms with E-state index >= 15 is 0 Å². The Hall–Kier alpha value is -1.85. The van der Waals surface area contributed by atoms with E-state index in [1.807, 2.05) is 0 Å². The molecule has 0 unspecified atom stereocenters. The topological polar surface area (TPSA) is 147 Å². The van der Waals surface area contributed by atoms with Crippen molar-refractivity contribution < 1.29 is 20.1 Å². The SMILES string of the molecule is NC(=S)c1cn([C@@H]2O[C@H](CO)[C@@H](O)[C@H]2O)c2nc[nH]c(=O)c12. The molecule has 2 aromatic rings. The van der Waals surface area contributed by atoms with E-state index in [-0.39, 0.29) is 21.6 Å². The molecule has 1 fully saturated rings. The number of ether oxygens (including phenoxy) is 1. The molecule has 0 spiro atoms. The van der Waals surface area contributed by atoms with E-state index in [2.05, 4.69) is 9.97 Å². The van der Waals surface area contributed by atoms with E-state index in [9.17, 15) is 15.0 Å². The minimum atomic E-state index is -1.30. The molecule has 0 radical (unpaired) electrons. The first-order valence-corrected chi connectivity index (χ1v) is 6.87. The van der Waals surface area contributed by atoms with Gasteiger partial charge in [-0.1, -0.05) is 12.2 Å². The predicted octanol–water partition coefficient (Wildman–Crippen LogP) is -2.03. The Morgan fingerprint density at radius 2 is 2.23 bits per heavy atom. The molecule has 4 atom stereocenters. The van der Waals surface area contributed by atoms with Crippen LogP contribution in [0.1, 0.15) is 11.8 Å². The van der Waals surface area contributed by atoms with Gasteiger partial charge in [-0.15, -0.1) is 0 Å². The molecule has 3 rings (SSSR count). The van der Waals surface area contributed by atoms with Gasteiger partial charge in [0.2, 0.25) is 0 Å². The van der Waals surface area contributed by atoms with Gasteiger partial charge in [-0.05, 0) is 0 Å². The first-order chi connectivity index (χ1) is 10.5. The summed E-state index contributed by atoms with van der Waals surface area (Å²) in [7, 11) is 0. The van der Waals surface area contributed by atoms with Crippen LogP contribution in [0.15, 0.2) is 17.3 Å². The molecule has 1 aliphatic heterocycles. The lowest BCUT2D eigenvalue weighted by atomic mass is 10.1. The quantitative estimate of drug-likeness (QED) is 0.406. The fraction of sp³-hybridized carbons (Fsp3) is 0.417. The molecule has 22 heavy (non-hydrogen) atoms. The van der Waals surface area contributed by atoms with Gasteiger partial charge in [0.1, 0.15) is 28.9 Å². The molecule has 0 bridgehead atoms. The number of rotatable bonds is 3. The van der Waals surface area contributed by atoms with Crippen LogP contribution in [-0.2, 0) is 4.74 Å². The summed E-state index contributed by atoms with van der Waals surface area (Å²) in [6, 6.07) is 0. The number of H-pyrrole nitrogens is 1. The third kappa shape index (κ3) is 2.12. The average Bonchev–Trinajstić information content (AvgIpc) is 3.00. The number of aromatic amines is 1. The fourth-order valence-electron chi connectivity index (χ4n) is 2.58. The minimum absolute atomic E-state index is 0.00556. The molecule has 118 valence electrons. The third-order valence-corrected chi connectivity index (χ3v) is 3.89. The van der Waals surface area contributed by atoms with Crippen molar-refractivity contribution in [1.29, 1.82) is 0 Å². The van der Waals surface area contributed by atoms with Gasteiger partial charge in [-0.3, -0.25) is 4.79 Å². The van der Waals surface area contributed by atoms with E-state index < -0.39 is 36.7 Å². The maximum Gasteiger partial charge on any atom is 0.260 e. The van der Waals surface area contributed by atoms with Crippen molar-refractivity contribution in [2.75, 3.05) is 6.61 Å². The Kier molecular flexibility index (Phi) is 3.70. The van der Waals surface area contributed by atoms with E-state index in [0.717, 1.165) is 0 Å². The van der Waals surface area contributed by atoms with Crippen LogP contribution in [0.2, 0.25) is 0 Å². The van der Waals surface area contributed by atoms with Crippen molar-refractivity contribution in [3.63, 3.8) is 0 Å². The van der Waals surface area contributed by atoms with Crippen molar-refractivity contribution in [3.05, 3.63) is 28.4 Å². The summed E-state index contributed by atoms with van der Waals surface area (Å²) in [6.45, 7) is -0.454. The largest absolute Gasteiger partial charge is 0.394 e. The van der Waals surface area contributed by atoms with Crippen LogP contribution in [0.25, 0.3) is 11.0 Å². The number of thiocarbonyl (C=S) groups is 1. The van der Waals surface area contributed by atoms with Gasteiger partial charge in [-0.25, -0.2) is 4.98 Å². The maximum atomic E-state index is 12.0. The van der Waals surface area contributed by atoms with Gasteiger partial charge >= 0.3 is 0 Å². The predicted molar refractivity (Wildman–Crippen MR) is 79.3 cm³/mol. The highest BCUT2D eigenvalue weighted by molar-refractivity contribution is 7.80. The molecular formula is C12H14N4O5S. The van der Waals surface area contributed by atoms with Crippen LogP contribution < -0.4 is 11.3 Å². The number of nitrogens with two attached hydrogens (primary N) is 1. The molecule has 3 heterocycles. The number of aliphatic hydroxyl groups is 3. The maximum absolute atomic E-state index is 12.0. The second-order valence-electron chi connectivity index (χ2n) is 4.97. The van der Waals surface area contributed by atoms with Crippen LogP contribution in [0, 0.1) is 0 Å². The number of hydrogen-bond donors (Lipinski definition) is 5. The van der Waals surface area contributed by atoms with Crippen LogP contribution in [0.5, 0.6) is 0 Å². The summed E-state index contributed by atoms with van der Waals surface area (Å²) in [4.78, 5) is 18.5.